The predicted octanol–water partition coefficient (Wildman–Crippen LogP) is 7.32. The van der Waals surface area contributed by atoms with Gasteiger partial charge in [0.05, 0.1) is 35.3 Å². The molecular weight excluding hydrogens is 638 g/mol. The first-order valence-corrected chi connectivity index (χ1v) is 14.3. The molecular formula is C31H29Br2N3O4. The maximum absolute atomic E-state index is 13.8. The van der Waals surface area contributed by atoms with Crippen molar-refractivity contribution >= 4 is 49.0 Å². The molecule has 0 saturated heterocycles. The molecule has 0 N–H and O–H groups in total. The Hall–Kier alpha value is -3.61. The summed E-state index contributed by atoms with van der Waals surface area (Å²) >= 11 is 7.19. The molecule has 0 aliphatic heterocycles. The van der Waals surface area contributed by atoms with Gasteiger partial charge in [-0.3, -0.25) is 4.79 Å². The van der Waals surface area contributed by atoms with Crippen LogP contribution in [0, 0.1) is 19.3 Å². The van der Waals surface area contributed by atoms with Crippen LogP contribution >= 0.6 is 31.9 Å². The number of nitrogens with zero attached hydrogens (tertiary/aromatic N) is 3. The summed E-state index contributed by atoms with van der Waals surface area (Å²) in [4.78, 5) is 18.7. The van der Waals surface area contributed by atoms with Gasteiger partial charge in [0.1, 0.15) is 12.4 Å². The summed E-state index contributed by atoms with van der Waals surface area (Å²) < 4.78 is 19.8. The number of ether oxygens (including phenoxy) is 3. The van der Waals surface area contributed by atoms with Crippen molar-refractivity contribution < 1.29 is 14.2 Å². The first kappa shape index (κ1) is 29.4. The normalized spacial score (nSPS) is 11.3. The number of terminal acetylenes is 1. The number of hydrogen-bond acceptors (Lipinski definition) is 6. The van der Waals surface area contributed by atoms with Gasteiger partial charge in [0.25, 0.3) is 5.56 Å². The van der Waals surface area contributed by atoms with Gasteiger partial charge < -0.3 is 14.2 Å². The molecule has 0 aliphatic rings. The molecule has 0 radical (unpaired) electrons. The Balaban J connectivity index is 1.96. The molecule has 0 unspecified atom stereocenters. The second-order valence-electron chi connectivity index (χ2n) is 9.22. The second-order valence-corrected chi connectivity index (χ2v) is 10.8. The molecule has 40 heavy (non-hydrogen) atoms. The van der Waals surface area contributed by atoms with Gasteiger partial charge in [0, 0.05) is 15.6 Å². The Morgan fingerprint density at radius 3 is 2.55 bits per heavy atom. The first-order chi connectivity index (χ1) is 19.2. The van der Waals surface area contributed by atoms with Crippen molar-refractivity contribution in [3.63, 3.8) is 0 Å². The Morgan fingerprint density at radius 2 is 1.88 bits per heavy atom. The zero-order chi connectivity index (χ0) is 29.0. The molecule has 9 heteroatoms. The van der Waals surface area contributed by atoms with Gasteiger partial charge in [0.15, 0.2) is 17.3 Å². The van der Waals surface area contributed by atoms with Gasteiger partial charge in [-0.05, 0) is 93.1 Å². The minimum absolute atomic E-state index is 0.0830. The summed E-state index contributed by atoms with van der Waals surface area (Å²) in [6.07, 6.45) is 6.98. The van der Waals surface area contributed by atoms with Crippen LogP contribution in [0.2, 0.25) is 0 Å². The average molecular weight is 667 g/mol. The van der Waals surface area contributed by atoms with E-state index in [4.69, 9.17) is 25.6 Å². The van der Waals surface area contributed by atoms with Gasteiger partial charge in [0.2, 0.25) is 0 Å². The van der Waals surface area contributed by atoms with Crippen LogP contribution in [0.25, 0.3) is 22.3 Å². The van der Waals surface area contributed by atoms with E-state index in [1.54, 1.807) is 25.5 Å². The molecule has 3 aromatic carbocycles. The fourth-order valence-corrected chi connectivity index (χ4v) is 5.24. The summed E-state index contributed by atoms with van der Waals surface area (Å²) in [5.74, 6) is 4.84. The van der Waals surface area contributed by atoms with Crippen LogP contribution in [-0.4, -0.2) is 36.2 Å². The summed E-state index contributed by atoms with van der Waals surface area (Å²) in [6, 6.07) is 13.0. The highest BCUT2D eigenvalue weighted by Gasteiger charge is 2.20. The van der Waals surface area contributed by atoms with Crippen molar-refractivity contribution in [2.45, 2.75) is 33.6 Å². The second kappa shape index (κ2) is 12.7. The number of fused-ring (bicyclic) bond motifs is 1. The van der Waals surface area contributed by atoms with Gasteiger partial charge in [-0.2, -0.15) is 9.78 Å². The number of halogens is 2. The lowest BCUT2D eigenvalue weighted by Crippen LogP contribution is -2.21. The Morgan fingerprint density at radius 1 is 1.12 bits per heavy atom. The van der Waals surface area contributed by atoms with Gasteiger partial charge >= 0.3 is 0 Å². The van der Waals surface area contributed by atoms with Crippen molar-refractivity contribution in [1.29, 1.82) is 0 Å². The Bertz CT molecular complexity index is 1700. The number of hydrogen-bond donors (Lipinski definition) is 0. The third-order valence-corrected chi connectivity index (χ3v) is 8.40. The molecule has 1 aromatic heterocycles. The molecule has 0 saturated carbocycles. The standard InChI is InChI=1S/C31H29Br2N3O4/c1-7-13-40-29-26(39-8-2)15-20(27(32)28(29)33)17-34-36-30(35-24-12-10-9-11-21(24)31(36)37)23-16-22(18(3)4)25(38-6)14-19(23)5/h1,9-12,14-18H,8,13H2,2-6H3. The molecule has 4 aromatic rings. The zero-order valence-corrected chi connectivity index (χ0v) is 26.1. The van der Waals surface area contributed by atoms with Crippen LogP contribution in [0.5, 0.6) is 17.2 Å². The van der Waals surface area contributed by atoms with Gasteiger partial charge in [-0.25, -0.2) is 4.98 Å². The number of aromatic nitrogens is 2. The molecule has 4 rings (SSSR count). The topological polar surface area (TPSA) is 74.9 Å². The van der Waals surface area contributed by atoms with Crippen LogP contribution in [0.4, 0.5) is 0 Å². The van der Waals surface area contributed by atoms with Crippen LogP contribution in [0.3, 0.4) is 0 Å². The predicted molar refractivity (Wildman–Crippen MR) is 167 cm³/mol. The minimum Gasteiger partial charge on any atom is -0.496 e. The summed E-state index contributed by atoms with van der Waals surface area (Å²) in [5, 5.41) is 5.13. The molecule has 0 spiro atoms. The average Bonchev–Trinajstić information content (AvgIpc) is 2.94. The van der Waals surface area contributed by atoms with Crippen LogP contribution in [-0.2, 0) is 0 Å². The van der Waals surface area contributed by atoms with Crippen LogP contribution < -0.4 is 19.8 Å². The Kier molecular flexibility index (Phi) is 9.33. The van der Waals surface area contributed by atoms with Crippen molar-refractivity contribution in [2.75, 3.05) is 20.3 Å². The van der Waals surface area contributed by atoms with E-state index in [1.165, 1.54) is 4.68 Å². The third kappa shape index (κ3) is 5.79. The molecule has 0 fully saturated rings. The summed E-state index contributed by atoms with van der Waals surface area (Å²) in [5.41, 5.74) is 3.67. The van der Waals surface area contributed by atoms with E-state index in [0.717, 1.165) is 22.4 Å². The quantitative estimate of drug-likeness (QED) is 0.138. The van der Waals surface area contributed by atoms with Crippen molar-refractivity contribution in [2.24, 2.45) is 5.10 Å². The Labute approximate surface area is 250 Å². The summed E-state index contributed by atoms with van der Waals surface area (Å²) in [6.45, 7) is 8.54. The monoisotopic (exact) mass is 665 g/mol. The largest absolute Gasteiger partial charge is 0.496 e. The van der Waals surface area contributed by atoms with E-state index in [9.17, 15) is 4.79 Å². The maximum Gasteiger partial charge on any atom is 0.282 e. The molecule has 0 aliphatic carbocycles. The van der Waals surface area contributed by atoms with Crippen LogP contribution in [0.1, 0.15) is 43.4 Å². The lowest BCUT2D eigenvalue weighted by Gasteiger charge is -2.17. The highest BCUT2D eigenvalue weighted by Crippen LogP contribution is 2.42. The number of methoxy groups -OCH3 is 1. The van der Waals surface area contributed by atoms with Crippen LogP contribution in [0.15, 0.2) is 61.3 Å². The molecule has 7 nitrogen and oxygen atoms in total. The number of aryl methyl sites for hydroxylation is 1. The summed E-state index contributed by atoms with van der Waals surface area (Å²) in [7, 11) is 1.66. The van der Waals surface area contributed by atoms with E-state index in [2.05, 4.69) is 56.7 Å². The van der Waals surface area contributed by atoms with E-state index < -0.39 is 0 Å². The fraction of sp³-hybridized carbons (Fsp3) is 0.258. The van der Waals surface area contributed by atoms with E-state index in [-0.39, 0.29) is 18.1 Å². The zero-order valence-electron chi connectivity index (χ0n) is 22.9. The minimum atomic E-state index is -0.285. The lowest BCUT2D eigenvalue weighted by atomic mass is 9.96. The SMILES string of the molecule is C#CCOc1c(OCC)cc(C=Nn2c(-c3cc(C(C)C)c(OC)cc3C)nc3ccccc3c2=O)c(Br)c1Br. The first-order valence-electron chi connectivity index (χ1n) is 12.7. The molecule has 206 valence electrons. The van der Waals surface area contributed by atoms with E-state index >= 15 is 0 Å². The highest BCUT2D eigenvalue weighted by molar-refractivity contribution is 9.13. The van der Waals surface area contributed by atoms with Gasteiger partial charge in [-0.15, -0.1) is 6.42 Å². The molecule has 0 atom stereocenters. The molecule has 1 heterocycles. The third-order valence-electron chi connectivity index (χ3n) is 6.26. The molecule has 0 bridgehead atoms. The van der Waals surface area contributed by atoms with E-state index in [0.29, 0.717) is 49.3 Å². The highest BCUT2D eigenvalue weighted by atomic mass is 79.9. The van der Waals surface area contributed by atoms with Crippen molar-refractivity contribution in [1.82, 2.24) is 9.66 Å². The maximum atomic E-state index is 13.8. The van der Waals surface area contributed by atoms with Crippen molar-refractivity contribution in [3.05, 3.63) is 78.5 Å². The smallest absolute Gasteiger partial charge is 0.282 e. The van der Waals surface area contributed by atoms with Crippen molar-refractivity contribution in [3.8, 4) is 41.0 Å². The number of benzene rings is 3. The number of rotatable bonds is 9. The fourth-order valence-electron chi connectivity index (χ4n) is 4.30. The lowest BCUT2D eigenvalue weighted by molar-refractivity contribution is 0.297. The molecule has 0 amide bonds. The van der Waals surface area contributed by atoms with Gasteiger partial charge in [-0.1, -0.05) is 31.9 Å². The van der Waals surface area contributed by atoms with E-state index in [1.807, 2.05) is 44.2 Å². The number of para-hydroxylation sites is 1.